The van der Waals surface area contributed by atoms with Crippen molar-refractivity contribution in [3.63, 3.8) is 0 Å². The van der Waals surface area contributed by atoms with Gasteiger partial charge in [-0.1, -0.05) is 12.1 Å². The molecule has 1 aromatic rings. The number of nitrogens with one attached hydrogen (secondary N) is 1. The lowest BCUT2D eigenvalue weighted by Gasteiger charge is -2.11. The highest BCUT2D eigenvalue weighted by atomic mass is 16.2. The van der Waals surface area contributed by atoms with E-state index >= 15 is 0 Å². The van der Waals surface area contributed by atoms with Gasteiger partial charge in [0.05, 0.1) is 11.3 Å². The molecule has 6 nitrogen and oxygen atoms in total. The number of carbonyl (C=O) groups excluding carboxylic acids is 1. The zero-order valence-electron chi connectivity index (χ0n) is 12.2. The number of nitrogens with zero attached hydrogens (tertiary/aromatic N) is 3. The smallest absolute Gasteiger partial charge is 0.297 e. The van der Waals surface area contributed by atoms with Crippen LogP contribution in [0.4, 0.5) is 0 Å². The molecule has 1 N–H and O–H groups in total. The summed E-state index contributed by atoms with van der Waals surface area (Å²) < 4.78 is 0. The summed E-state index contributed by atoms with van der Waals surface area (Å²) in [5.41, 5.74) is 2.72. The number of aromatic amines is 1. The maximum absolute atomic E-state index is 11.9. The summed E-state index contributed by atoms with van der Waals surface area (Å²) in [5, 5.41) is 7.67. The molecule has 2 heterocycles. The average molecular weight is 294 g/mol. The minimum absolute atomic E-state index is 0.0658. The Morgan fingerprint density at radius 2 is 1.82 bits per heavy atom. The summed E-state index contributed by atoms with van der Waals surface area (Å²) in [6.45, 7) is 0. The van der Waals surface area contributed by atoms with Gasteiger partial charge in [-0.15, -0.1) is 10.2 Å². The molecule has 2 aliphatic rings. The lowest BCUT2D eigenvalue weighted by atomic mass is 10.0. The molecule has 0 bridgehead atoms. The Balaban J connectivity index is 2.08. The summed E-state index contributed by atoms with van der Waals surface area (Å²) in [6, 6.07) is 10.5. The maximum atomic E-state index is 11.9. The fourth-order valence-corrected chi connectivity index (χ4v) is 2.24. The van der Waals surface area contributed by atoms with Crippen LogP contribution in [0, 0.1) is 0 Å². The van der Waals surface area contributed by atoms with E-state index in [0.717, 1.165) is 5.56 Å². The van der Waals surface area contributed by atoms with Gasteiger partial charge in [-0.25, -0.2) is 0 Å². The number of fused-ring (bicyclic) bond motifs is 1. The van der Waals surface area contributed by atoms with Crippen LogP contribution in [-0.4, -0.2) is 40.1 Å². The van der Waals surface area contributed by atoms with Gasteiger partial charge < -0.3 is 9.88 Å². The number of amides is 1. The van der Waals surface area contributed by atoms with Crippen LogP contribution in [-0.2, 0) is 0 Å². The topological polar surface area (TPSA) is 79.0 Å². The monoisotopic (exact) mass is 294 g/mol. The molecule has 1 aromatic carbocycles. The van der Waals surface area contributed by atoms with Gasteiger partial charge in [-0.05, 0) is 24.3 Å². The largest absolute Gasteiger partial charge is 0.359 e. The zero-order chi connectivity index (χ0) is 15.7. The number of hydrogen-bond donors (Lipinski definition) is 1. The Morgan fingerprint density at radius 1 is 1.09 bits per heavy atom. The lowest BCUT2D eigenvalue weighted by Crippen LogP contribution is -2.21. The third kappa shape index (κ3) is 2.35. The van der Waals surface area contributed by atoms with Crippen molar-refractivity contribution in [2.45, 2.75) is 0 Å². The molecular weight excluding hydrogens is 280 g/mol. The van der Waals surface area contributed by atoms with Crippen molar-refractivity contribution in [1.82, 2.24) is 20.1 Å². The summed E-state index contributed by atoms with van der Waals surface area (Å²) in [6.07, 6.45) is 1.73. The first-order chi connectivity index (χ1) is 10.6. The van der Waals surface area contributed by atoms with E-state index in [4.69, 9.17) is 0 Å². The second-order valence-corrected chi connectivity index (χ2v) is 5.09. The lowest BCUT2D eigenvalue weighted by molar-refractivity contribution is 0.0827. The van der Waals surface area contributed by atoms with E-state index in [9.17, 15) is 9.59 Å². The molecule has 0 aromatic heterocycles. The first-order valence-corrected chi connectivity index (χ1v) is 6.74. The number of pyridine rings is 1. The minimum atomic E-state index is -0.366. The molecule has 22 heavy (non-hydrogen) atoms. The predicted molar refractivity (Wildman–Crippen MR) is 82.7 cm³/mol. The molecule has 0 radical (unpaired) electrons. The third-order valence-electron chi connectivity index (χ3n) is 3.38. The number of carbonyl (C=O) groups is 1. The second-order valence-electron chi connectivity index (χ2n) is 5.09. The first-order valence-electron chi connectivity index (χ1n) is 6.74. The van der Waals surface area contributed by atoms with Crippen LogP contribution >= 0.6 is 0 Å². The summed E-state index contributed by atoms with van der Waals surface area (Å²) in [4.78, 5) is 28.2. The molecule has 0 saturated heterocycles. The van der Waals surface area contributed by atoms with E-state index in [-0.39, 0.29) is 11.5 Å². The van der Waals surface area contributed by atoms with Gasteiger partial charge in [0.2, 0.25) is 0 Å². The fraction of sp³-hybridized carbons (Fsp3) is 0.125. The third-order valence-corrected chi connectivity index (χ3v) is 3.38. The van der Waals surface area contributed by atoms with Gasteiger partial charge in [0.1, 0.15) is 5.69 Å². The first kappa shape index (κ1) is 13.9. The molecule has 0 fully saturated rings. The van der Waals surface area contributed by atoms with Crippen molar-refractivity contribution in [3.05, 3.63) is 58.5 Å². The minimum Gasteiger partial charge on any atom is -0.359 e. The fourth-order valence-electron chi connectivity index (χ4n) is 2.24. The predicted octanol–water partition coefficient (Wildman–Crippen LogP) is 1.64. The summed E-state index contributed by atoms with van der Waals surface area (Å²) in [5.74, 6) is -0.0658. The van der Waals surface area contributed by atoms with Gasteiger partial charge in [0.25, 0.3) is 11.5 Å². The van der Waals surface area contributed by atoms with Crippen LogP contribution in [0.5, 0.6) is 0 Å². The Labute approximate surface area is 126 Å². The Hall–Kier alpha value is -3.02. The highest BCUT2D eigenvalue weighted by molar-refractivity contribution is 5.94. The summed E-state index contributed by atoms with van der Waals surface area (Å²) >= 11 is 0. The highest BCUT2D eigenvalue weighted by Gasteiger charge is 2.16. The van der Waals surface area contributed by atoms with E-state index in [1.807, 2.05) is 0 Å². The maximum Gasteiger partial charge on any atom is 0.297 e. The van der Waals surface area contributed by atoms with E-state index in [2.05, 4.69) is 15.2 Å². The van der Waals surface area contributed by atoms with Crippen LogP contribution in [0.2, 0.25) is 0 Å². The standard InChI is InChI=1S/C16H14N4O2/c1-20(2)16(22)11-7-5-10(6-8-11)13-14-12(4-3-9-17-14)15(21)19-18-13/h3-9,17H,1-2H3. The number of rotatable bonds is 2. The molecule has 0 unspecified atom stereocenters. The summed E-state index contributed by atoms with van der Waals surface area (Å²) in [7, 11) is 3.41. The van der Waals surface area contributed by atoms with E-state index < -0.39 is 0 Å². The van der Waals surface area contributed by atoms with Crippen molar-refractivity contribution < 1.29 is 4.79 Å². The van der Waals surface area contributed by atoms with E-state index in [0.29, 0.717) is 22.5 Å². The number of H-pyrrole nitrogens is 1. The molecule has 0 aliphatic carbocycles. The van der Waals surface area contributed by atoms with Gasteiger partial charge in [-0.2, -0.15) is 0 Å². The van der Waals surface area contributed by atoms with Crippen molar-refractivity contribution in [1.29, 1.82) is 0 Å². The number of aromatic nitrogens is 3. The van der Waals surface area contributed by atoms with E-state index in [1.54, 1.807) is 56.7 Å². The molecule has 1 amide bonds. The molecule has 0 saturated carbocycles. The normalized spacial score (nSPS) is 10.6. The van der Waals surface area contributed by atoms with Crippen molar-refractivity contribution in [3.8, 4) is 22.5 Å². The SMILES string of the molecule is CN(C)C(=O)c1ccc(-c2nnc(=O)c3ccc[nH]c2-3)cc1. The highest BCUT2D eigenvalue weighted by Crippen LogP contribution is 2.26. The molecule has 3 rings (SSSR count). The van der Waals surface area contributed by atoms with Crippen LogP contribution in [0.25, 0.3) is 22.5 Å². The van der Waals surface area contributed by atoms with Crippen LogP contribution < -0.4 is 5.56 Å². The molecule has 2 aliphatic heterocycles. The number of benzene rings is 1. The molecule has 0 spiro atoms. The van der Waals surface area contributed by atoms with Crippen LogP contribution in [0.15, 0.2) is 47.4 Å². The average Bonchev–Trinajstić information content (AvgIpc) is 2.55. The van der Waals surface area contributed by atoms with Crippen molar-refractivity contribution in [2.24, 2.45) is 0 Å². The van der Waals surface area contributed by atoms with Gasteiger partial charge in [0.15, 0.2) is 0 Å². The molecular formula is C16H14N4O2. The molecule has 6 heteroatoms. The molecule has 0 atom stereocenters. The molecule has 110 valence electrons. The quantitative estimate of drug-likeness (QED) is 0.779. The van der Waals surface area contributed by atoms with Gasteiger partial charge in [0, 0.05) is 31.4 Å². The Morgan fingerprint density at radius 3 is 2.50 bits per heavy atom. The van der Waals surface area contributed by atoms with Crippen molar-refractivity contribution in [2.75, 3.05) is 14.1 Å². The van der Waals surface area contributed by atoms with E-state index in [1.165, 1.54) is 4.90 Å². The Bertz CT molecular complexity index is 853. The second kappa shape index (κ2) is 5.40. The van der Waals surface area contributed by atoms with Gasteiger partial charge in [-0.3, -0.25) is 9.59 Å². The zero-order valence-corrected chi connectivity index (χ0v) is 12.2. The van der Waals surface area contributed by atoms with Crippen molar-refractivity contribution >= 4 is 5.91 Å². The van der Waals surface area contributed by atoms with Crippen LogP contribution in [0.3, 0.4) is 0 Å². The van der Waals surface area contributed by atoms with Crippen LogP contribution in [0.1, 0.15) is 10.4 Å². The van der Waals surface area contributed by atoms with Gasteiger partial charge >= 0.3 is 0 Å². The Kier molecular flexibility index (Phi) is 3.42. The number of hydrogen-bond acceptors (Lipinski definition) is 4.